The molecule has 0 bridgehead atoms. The highest BCUT2D eigenvalue weighted by atomic mass is 19.1. The Hall–Kier alpha value is -2.27. The van der Waals surface area contributed by atoms with E-state index < -0.39 is 0 Å². The summed E-state index contributed by atoms with van der Waals surface area (Å²) in [7, 11) is 4.79. The predicted octanol–water partition coefficient (Wildman–Crippen LogP) is 3.14. The third kappa shape index (κ3) is 3.93. The van der Waals surface area contributed by atoms with Crippen LogP contribution in [0, 0.1) is 5.82 Å². The molecule has 5 heteroatoms. The van der Waals surface area contributed by atoms with E-state index >= 15 is 0 Å². The predicted molar refractivity (Wildman–Crippen MR) is 88.0 cm³/mol. The van der Waals surface area contributed by atoms with Gasteiger partial charge in [-0.2, -0.15) is 0 Å². The highest BCUT2D eigenvalue weighted by molar-refractivity contribution is 5.44. The van der Waals surface area contributed by atoms with Crippen LogP contribution >= 0.6 is 0 Å². The number of rotatable bonds is 7. The molecule has 2 rings (SSSR count). The molecule has 0 heterocycles. The van der Waals surface area contributed by atoms with Crippen LogP contribution in [0.25, 0.3) is 0 Å². The topological polar surface area (TPSA) is 53.7 Å². The summed E-state index contributed by atoms with van der Waals surface area (Å²) in [4.78, 5) is 0. The van der Waals surface area contributed by atoms with Gasteiger partial charge in [0.15, 0.2) is 0 Å². The molecule has 0 fully saturated rings. The second-order valence-electron chi connectivity index (χ2n) is 5.20. The molecule has 0 saturated heterocycles. The average Bonchev–Trinajstić information content (AvgIpc) is 2.59. The number of ether oxygens (including phenoxy) is 3. The zero-order valence-corrected chi connectivity index (χ0v) is 13.6. The maximum Gasteiger partial charge on any atom is 0.123 e. The first-order valence-corrected chi connectivity index (χ1v) is 7.37. The smallest absolute Gasteiger partial charge is 0.123 e. The van der Waals surface area contributed by atoms with E-state index in [0.29, 0.717) is 18.7 Å². The summed E-state index contributed by atoms with van der Waals surface area (Å²) in [6.45, 7) is 0.392. The molecule has 0 saturated carbocycles. The molecule has 0 aliphatic rings. The molecule has 2 aromatic carbocycles. The lowest BCUT2D eigenvalue weighted by atomic mass is 9.90. The van der Waals surface area contributed by atoms with Gasteiger partial charge in [0.25, 0.3) is 0 Å². The molecule has 0 spiro atoms. The van der Waals surface area contributed by atoms with Gasteiger partial charge in [-0.15, -0.1) is 0 Å². The van der Waals surface area contributed by atoms with E-state index in [0.717, 1.165) is 22.6 Å². The van der Waals surface area contributed by atoms with Crippen LogP contribution in [-0.2, 0) is 6.42 Å². The zero-order valence-electron chi connectivity index (χ0n) is 13.6. The normalized spacial score (nSPS) is 11.9. The molecule has 2 aromatic rings. The number of halogens is 1. The van der Waals surface area contributed by atoms with Crippen LogP contribution in [0.15, 0.2) is 36.4 Å². The molecule has 0 aromatic heterocycles. The van der Waals surface area contributed by atoms with Gasteiger partial charge < -0.3 is 19.9 Å². The van der Waals surface area contributed by atoms with Crippen molar-refractivity contribution in [1.82, 2.24) is 0 Å². The Morgan fingerprint density at radius 3 is 2.26 bits per heavy atom. The monoisotopic (exact) mass is 319 g/mol. The van der Waals surface area contributed by atoms with E-state index in [1.165, 1.54) is 12.1 Å². The third-order valence-corrected chi connectivity index (χ3v) is 3.87. The molecule has 1 atom stereocenters. The summed E-state index contributed by atoms with van der Waals surface area (Å²) in [5.74, 6) is 1.76. The number of hydrogen-bond donors (Lipinski definition) is 1. The lowest BCUT2D eigenvalue weighted by Gasteiger charge is -2.20. The second kappa shape index (κ2) is 7.83. The lowest BCUT2D eigenvalue weighted by molar-refractivity contribution is 0.392. The van der Waals surface area contributed by atoms with Crippen molar-refractivity contribution in [2.75, 3.05) is 27.9 Å². The quantitative estimate of drug-likeness (QED) is 0.852. The van der Waals surface area contributed by atoms with Crippen molar-refractivity contribution in [1.29, 1.82) is 0 Å². The van der Waals surface area contributed by atoms with E-state index in [-0.39, 0.29) is 11.7 Å². The van der Waals surface area contributed by atoms with Gasteiger partial charge in [-0.1, -0.05) is 0 Å². The molecular formula is C18H22FNO3. The molecule has 4 nitrogen and oxygen atoms in total. The van der Waals surface area contributed by atoms with Gasteiger partial charge in [-0.05, 0) is 54.9 Å². The van der Waals surface area contributed by atoms with Gasteiger partial charge in [0.1, 0.15) is 23.1 Å². The van der Waals surface area contributed by atoms with Crippen molar-refractivity contribution >= 4 is 0 Å². The van der Waals surface area contributed by atoms with Gasteiger partial charge in [0, 0.05) is 11.5 Å². The van der Waals surface area contributed by atoms with Crippen molar-refractivity contribution in [2.45, 2.75) is 12.3 Å². The fraction of sp³-hybridized carbons (Fsp3) is 0.333. The second-order valence-corrected chi connectivity index (χ2v) is 5.20. The number of hydrogen-bond acceptors (Lipinski definition) is 4. The van der Waals surface area contributed by atoms with Crippen LogP contribution in [0.1, 0.15) is 17.0 Å². The molecule has 2 N–H and O–H groups in total. The van der Waals surface area contributed by atoms with E-state index in [2.05, 4.69) is 0 Å². The van der Waals surface area contributed by atoms with Crippen molar-refractivity contribution in [3.05, 3.63) is 53.3 Å². The molecule has 0 radical (unpaired) electrons. The first-order valence-electron chi connectivity index (χ1n) is 7.37. The van der Waals surface area contributed by atoms with Gasteiger partial charge in [-0.25, -0.2) is 4.39 Å². The van der Waals surface area contributed by atoms with Gasteiger partial charge in [-0.3, -0.25) is 0 Å². The van der Waals surface area contributed by atoms with Crippen LogP contribution in [0.4, 0.5) is 4.39 Å². The largest absolute Gasteiger partial charge is 0.497 e. The highest BCUT2D eigenvalue weighted by Gasteiger charge is 2.19. The summed E-state index contributed by atoms with van der Waals surface area (Å²) in [5, 5.41) is 0. The van der Waals surface area contributed by atoms with Crippen LogP contribution in [-0.4, -0.2) is 27.9 Å². The Morgan fingerprint density at radius 1 is 0.957 bits per heavy atom. The fourth-order valence-corrected chi connectivity index (χ4v) is 2.65. The van der Waals surface area contributed by atoms with Gasteiger partial charge in [0.05, 0.1) is 21.3 Å². The highest BCUT2D eigenvalue weighted by Crippen LogP contribution is 2.34. The van der Waals surface area contributed by atoms with Crippen molar-refractivity contribution < 1.29 is 18.6 Å². The maximum atomic E-state index is 13.6. The number of benzene rings is 2. The lowest BCUT2D eigenvalue weighted by Crippen LogP contribution is -2.16. The van der Waals surface area contributed by atoms with Crippen molar-refractivity contribution in [2.24, 2.45) is 5.73 Å². The van der Waals surface area contributed by atoms with E-state index in [4.69, 9.17) is 19.9 Å². The van der Waals surface area contributed by atoms with E-state index in [1.807, 2.05) is 18.2 Å². The fourth-order valence-electron chi connectivity index (χ4n) is 2.65. The van der Waals surface area contributed by atoms with Crippen molar-refractivity contribution in [3.8, 4) is 17.2 Å². The standard InChI is InChI=1S/C18H22FNO3/c1-21-15-5-7-18(23-3)16(10-15)13(11-20)8-12-9-14(19)4-6-17(12)22-2/h4-7,9-10,13H,8,11,20H2,1-3H3. The molecule has 0 aliphatic heterocycles. The Balaban J connectivity index is 2.39. The Labute approximate surface area is 136 Å². The van der Waals surface area contributed by atoms with Crippen LogP contribution in [0.3, 0.4) is 0 Å². The SMILES string of the molecule is COc1ccc(OC)c(C(CN)Cc2cc(F)ccc2OC)c1. The van der Waals surface area contributed by atoms with Gasteiger partial charge in [0.2, 0.25) is 0 Å². The summed E-state index contributed by atoms with van der Waals surface area (Å²) in [6, 6.07) is 10.1. The average molecular weight is 319 g/mol. The summed E-state index contributed by atoms with van der Waals surface area (Å²) in [6.07, 6.45) is 0.543. The molecule has 0 aliphatic carbocycles. The Kier molecular flexibility index (Phi) is 5.82. The minimum Gasteiger partial charge on any atom is -0.497 e. The maximum absolute atomic E-state index is 13.6. The minimum atomic E-state index is -0.297. The zero-order chi connectivity index (χ0) is 16.8. The molecule has 1 unspecified atom stereocenters. The van der Waals surface area contributed by atoms with Gasteiger partial charge >= 0.3 is 0 Å². The van der Waals surface area contributed by atoms with Crippen LogP contribution in [0.5, 0.6) is 17.2 Å². The summed E-state index contributed by atoms with van der Waals surface area (Å²) < 4.78 is 29.6. The third-order valence-electron chi connectivity index (χ3n) is 3.87. The molecule has 23 heavy (non-hydrogen) atoms. The molecular weight excluding hydrogens is 297 g/mol. The first kappa shape index (κ1) is 17.1. The summed E-state index contributed by atoms with van der Waals surface area (Å²) in [5.41, 5.74) is 7.67. The molecule has 0 amide bonds. The number of nitrogens with two attached hydrogens (primary N) is 1. The van der Waals surface area contributed by atoms with Crippen molar-refractivity contribution in [3.63, 3.8) is 0 Å². The van der Waals surface area contributed by atoms with Crippen LogP contribution in [0.2, 0.25) is 0 Å². The summed E-state index contributed by atoms with van der Waals surface area (Å²) >= 11 is 0. The minimum absolute atomic E-state index is 0.0456. The van der Waals surface area contributed by atoms with E-state index in [1.54, 1.807) is 27.4 Å². The van der Waals surface area contributed by atoms with Crippen LogP contribution < -0.4 is 19.9 Å². The Bertz CT molecular complexity index is 661. The van der Waals surface area contributed by atoms with E-state index in [9.17, 15) is 4.39 Å². The first-order chi connectivity index (χ1) is 11.1. The molecule has 124 valence electrons. The Morgan fingerprint density at radius 2 is 1.65 bits per heavy atom. The number of methoxy groups -OCH3 is 3.